The number of Topliss-reactive ketones (excluding diaryl/α,β-unsaturated/α-hetero) is 1. The lowest BCUT2D eigenvalue weighted by Gasteiger charge is -2.70. The summed E-state index contributed by atoms with van der Waals surface area (Å²) in [7, 11) is 0. The molecule has 1 saturated heterocycles. The van der Waals surface area contributed by atoms with Gasteiger partial charge >= 0.3 is 5.97 Å². The lowest BCUT2D eigenvalue weighted by molar-refractivity contribution is -0.241. The van der Waals surface area contributed by atoms with Crippen LogP contribution in [0.25, 0.3) is 0 Å². The molecule has 5 heteroatoms. The molecule has 0 amide bonds. The van der Waals surface area contributed by atoms with E-state index < -0.39 is 17.3 Å². The van der Waals surface area contributed by atoms with Crippen molar-refractivity contribution in [2.24, 2.45) is 51.2 Å². The summed E-state index contributed by atoms with van der Waals surface area (Å²) in [5.41, 5.74) is -0.0246. The number of carbonyl (C=O) groups excluding carboxylic acids is 2. The van der Waals surface area contributed by atoms with Gasteiger partial charge in [-0.3, -0.25) is 9.59 Å². The number of aliphatic hydroxyl groups is 1. The second-order valence-electron chi connectivity index (χ2n) is 13.9. The van der Waals surface area contributed by atoms with Crippen molar-refractivity contribution < 1.29 is 24.2 Å². The van der Waals surface area contributed by atoms with Gasteiger partial charge in [0.2, 0.25) is 0 Å². The number of fused-ring (bicyclic) bond motifs is 7. The molecule has 0 aromatic carbocycles. The monoisotopic (exact) mass is 474 g/mol. The molecule has 0 aromatic heterocycles. The third kappa shape index (κ3) is 3.04. The van der Waals surface area contributed by atoms with Crippen LogP contribution in [0.15, 0.2) is 0 Å². The van der Waals surface area contributed by atoms with E-state index in [1.807, 2.05) is 0 Å². The summed E-state index contributed by atoms with van der Waals surface area (Å²) in [6.45, 7) is 15.4. The van der Waals surface area contributed by atoms with Crippen molar-refractivity contribution in [3.8, 4) is 0 Å². The fraction of sp³-hybridized carbons (Fsp3) is 0.931. The summed E-state index contributed by atoms with van der Waals surface area (Å²) in [5.74, 6) is -0.712. The predicted molar refractivity (Wildman–Crippen MR) is 130 cm³/mol. The second-order valence-corrected chi connectivity index (χ2v) is 13.9. The van der Waals surface area contributed by atoms with Gasteiger partial charge in [-0.1, -0.05) is 47.5 Å². The van der Waals surface area contributed by atoms with E-state index in [0.717, 1.165) is 6.42 Å². The normalized spacial score (nSPS) is 56.6. The van der Waals surface area contributed by atoms with Crippen LogP contribution in [0, 0.1) is 51.2 Å². The van der Waals surface area contributed by atoms with Gasteiger partial charge in [-0.25, -0.2) is 0 Å². The highest BCUT2D eigenvalue weighted by Crippen LogP contribution is 2.74. The smallest absolute Gasteiger partial charge is 0.302 e. The van der Waals surface area contributed by atoms with Crippen molar-refractivity contribution in [3.63, 3.8) is 0 Å². The highest BCUT2D eigenvalue weighted by molar-refractivity contribution is 5.87. The molecule has 0 spiro atoms. The number of carbonyl (C=O) groups is 2. The maximum atomic E-state index is 14.2. The van der Waals surface area contributed by atoms with Crippen LogP contribution in [-0.2, 0) is 19.1 Å². The first-order valence-electron chi connectivity index (χ1n) is 13.8. The third-order valence-corrected chi connectivity index (χ3v) is 12.5. The van der Waals surface area contributed by atoms with Crippen LogP contribution in [0.5, 0.6) is 0 Å². The van der Waals surface area contributed by atoms with Crippen LogP contribution in [-0.4, -0.2) is 35.4 Å². The fourth-order valence-electron chi connectivity index (χ4n) is 10.8. The van der Waals surface area contributed by atoms with E-state index in [1.165, 1.54) is 39.0 Å². The highest BCUT2D eigenvalue weighted by atomic mass is 16.6. The van der Waals surface area contributed by atoms with Crippen molar-refractivity contribution in [3.05, 3.63) is 0 Å². The van der Waals surface area contributed by atoms with Crippen molar-refractivity contribution in [1.82, 2.24) is 0 Å². The van der Waals surface area contributed by atoms with Crippen LogP contribution in [0.1, 0.15) is 99.8 Å². The molecule has 5 nitrogen and oxygen atoms in total. The van der Waals surface area contributed by atoms with E-state index in [9.17, 15) is 14.7 Å². The fourth-order valence-corrected chi connectivity index (χ4v) is 10.8. The predicted octanol–water partition coefficient (Wildman–Crippen LogP) is 5.53. The van der Waals surface area contributed by atoms with Gasteiger partial charge in [0, 0.05) is 24.7 Å². The summed E-state index contributed by atoms with van der Waals surface area (Å²) in [5, 5.41) is 11.1. The number of hydrogen-bond donors (Lipinski definition) is 1. The molecule has 1 N–H and O–H groups in total. The van der Waals surface area contributed by atoms with E-state index in [-0.39, 0.29) is 34.6 Å². The minimum atomic E-state index is -1.38. The summed E-state index contributed by atoms with van der Waals surface area (Å²) in [6, 6.07) is 0. The van der Waals surface area contributed by atoms with E-state index in [0.29, 0.717) is 42.5 Å². The molecule has 0 radical (unpaired) electrons. The van der Waals surface area contributed by atoms with E-state index in [2.05, 4.69) is 34.6 Å². The van der Waals surface area contributed by atoms with Crippen molar-refractivity contribution in [2.45, 2.75) is 112 Å². The van der Waals surface area contributed by atoms with Gasteiger partial charge in [-0.2, -0.15) is 0 Å². The zero-order valence-corrected chi connectivity index (χ0v) is 22.4. The lowest BCUT2D eigenvalue weighted by Crippen LogP contribution is -2.68. The Kier molecular flexibility index (Phi) is 5.48. The first-order valence-corrected chi connectivity index (χ1v) is 13.8. The Morgan fingerprint density at radius 1 is 1.06 bits per heavy atom. The van der Waals surface area contributed by atoms with Crippen LogP contribution >= 0.6 is 0 Å². The average molecular weight is 475 g/mol. The van der Waals surface area contributed by atoms with E-state index in [4.69, 9.17) is 9.47 Å². The number of hydrogen-bond acceptors (Lipinski definition) is 5. The van der Waals surface area contributed by atoms with E-state index >= 15 is 0 Å². The molecular weight excluding hydrogens is 428 g/mol. The molecule has 0 aromatic rings. The third-order valence-electron chi connectivity index (χ3n) is 12.5. The quantitative estimate of drug-likeness (QED) is 0.533. The van der Waals surface area contributed by atoms with Crippen molar-refractivity contribution >= 4 is 11.8 Å². The molecule has 4 aliphatic carbocycles. The van der Waals surface area contributed by atoms with Gasteiger partial charge in [0.05, 0.1) is 12.5 Å². The van der Waals surface area contributed by atoms with Gasteiger partial charge in [0.15, 0.2) is 5.79 Å². The van der Waals surface area contributed by atoms with Crippen LogP contribution in [0.4, 0.5) is 0 Å². The molecule has 11 unspecified atom stereocenters. The van der Waals surface area contributed by atoms with Crippen molar-refractivity contribution in [2.75, 3.05) is 6.61 Å². The Balaban J connectivity index is 1.59. The summed E-state index contributed by atoms with van der Waals surface area (Å²) in [4.78, 5) is 26.3. The molecule has 34 heavy (non-hydrogen) atoms. The van der Waals surface area contributed by atoms with Gasteiger partial charge < -0.3 is 14.6 Å². The van der Waals surface area contributed by atoms with Gasteiger partial charge in [0.25, 0.3) is 0 Å². The van der Waals surface area contributed by atoms with Crippen LogP contribution in [0.2, 0.25) is 0 Å². The lowest BCUT2D eigenvalue weighted by atomic mass is 9.34. The van der Waals surface area contributed by atoms with Gasteiger partial charge in [-0.05, 0) is 73.0 Å². The molecule has 5 aliphatic rings. The van der Waals surface area contributed by atoms with Gasteiger partial charge in [0.1, 0.15) is 11.9 Å². The number of esters is 1. The molecule has 11 atom stereocenters. The molecule has 192 valence electrons. The van der Waals surface area contributed by atoms with E-state index in [1.54, 1.807) is 6.92 Å². The molecule has 4 saturated carbocycles. The van der Waals surface area contributed by atoms with Gasteiger partial charge in [-0.15, -0.1) is 0 Å². The molecular formula is C29H46O5. The maximum absolute atomic E-state index is 14.2. The van der Waals surface area contributed by atoms with Crippen LogP contribution in [0.3, 0.4) is 0 Å². The Morgan fingerprint density at radius 2 is 1.74 bits per heavy atom. The molecule has 1 aliphatic heterocycles. The molecule has 1 heterocycles. The Bertz CT molecular complexity index is 882. The standard InChI is InChI=1S/C29H46O5/c1-8-25(3)11-9-12-26(4)20(25)10-13-27(5)21(26)15-23(31)28(6)18-16-33-29(7,32)24(18)19(14-22(27)28)34-17(2)30/h18-22,24,32H,8-16H2,1-7H3. The Hall–Kier alpha value is -0.940. The number of rotatable bonds is 2. The molecule has 0 bridgehead atoms. The zero-order chi connectivity index (χ0) is 24.9. The first-order chi connectivity index (χ1) is 15.7. The Labute approximate surface area is 205 Å². The maximum Gasteiger partial charge on any atom is 0.302 e. The first kappa shape index (κ1) is 24.7. The summed E-state index contributed by atoms with van der Waals surface area (Å²) in [6.07, 6.45) is 8.17. The second kappa shape index (κ2) is 7.54. The van der Waals surface area contributed by atoms with Crippen LogP contribution < -0.4 is 0 Å². The summed E-state index contributed by atoms with van der Waals surface area (Å²) < 4.78 is 11.8. The largest absolute Gasteiger partial charge is 0.462 e. The topological polar surface area (TPSA) is 72.8 Å². The Morgan fingerprint density at radius 3 is 2.38 bits per heavy atom. The minimum absolute atomic E-state index is 0.0116. The highest BCUT2D eigenvalue weighted by Gasteiger charge is 2.73. The number of ether oxygens (including phenoxy) is 2. The molecule has 5 rings (SSSR count). The summed E-state index contributed by atoms with van der Waals surface area (Å²) >= 11 is 0. The number of ketones is 1. The average Bonchev–Trinajstić information content (AvgIpc) is 3.07. The minimum Gasteiger partial charge on any atom is -0.462 e. The van der Waals surface area contributed by atoms with Crippen molar-refractivity contribution in [1.29, 1.82) is 0 Å². The molecule has 5 fully saturated rings. The SMILES string of the molecule is CCC1(C)CCCC2(C)C1CCC1(C)C2CC(=O)C2(C)C3COC(C)(O)C3C(OC(C)=O)CC12. The zero-order valence-electron chi connectivity index (χ0n) is 22.4.